The van der Waals surface area contributed by atoms with E-state index in [2.05, 4.69) is 10.4 Å². The van der Waals surface area contributed by atoms with Gasteiger partial charge in [0.2, 0.25) is 0 Å². The van der Waals surface area contributed by atoms with Gasteiger partial charge in [0, 0.05) is 6.20 Å². The molecular weight excluding hydrogens is 378 g/mol. The number of rotatable bonds is 7. The van der Waals surface area contributed by atoms with E-state index in [4.69, 9.17) is 21.1 Å². The fourth-order valence-electron chi connectivity index (χ4n) is 3.59. The number of hydrazine groups is 1. The monoisotopic (exact) mass is 405 g/mol. The molecule has 1 aliphatic heterocycles. The average Bonchev–Trinajstić information content (AvgIpc) is 3.53. The third kappa shape index (κ3) is 4.85. The van der Waals surface area contributed by atoms with Gasteiger partial charge in [-0.2, -0.15) is 5.43 Å². The molecule has 1 aromatic rings. The van der Waals surface area contributed by atoms with E-state index in [1.165, 1.54) is 25.7 Å². The van der Waals surface area contributed by atoms with Crippen molar-refractivity contribution in [3.63, 3.8) is 0 Å². The molecule has 0 bridgehead atoms. The lowest BCUT2D eigenvalue weighted by molar-refractivity contribution is 0.00692. The summed E-state index contributed by atoms with van der Waals surface area (Å²) in [6, 6.07) is 3.38. The first kappa shape index (κ1) is 19.7. The Kier molecular flexibility index (Phi) is 5.38. The molecule has 4 rings (SSSR count). The molecule has 2 fully saturated rings. The number of hydrogen-bond acceptors (Lipinski definition) is 6. The quantitative estimate of drug-likeness (QED) is 0.538. The van der Waals surface area contributed by atoms with Gasteiger partial charge in [-0.3, -0.25) is 5.01 Å². The zero-order valence-electron chi connectivity index (χ0n) is 16.7. The lowest BCUT2D eigenvalue weighted by atomic mass is 9.99. The minimum Gasteiger partial charge on any atom is -0.456 e. The summed E-state index contributed by atoms with van der Waals surface area (Å²) in [5.74, 6) is 2.57. The molecular formula is C21H28ClN3O3. The Hall–Kier alpha value is -1.63. The maximum atomic E-state index is 12.2. The van der Waals surface area contributed by atoms with Gasteiger partial charge >= 0.3 is 5.97 Å². The molecule has 152 valence electrons. The highest BCUT2D eigenvalue weighted by atomic mass is 35.5. The normalized spacial score (nSPS) is 22.2. The molecule has 6 nitrogen and oxygen atoms in total. The van der Waals surface area contributed by atoms with E-state index in [0.29, 0.717) is 11.7 Å². The highest BCUT2D eigenvalue weighted by Gasteiger charge is 2.41. The number of carbonyl (C=O) groups is 1. The Morgan fingerprint density at radius 1 is 1.29 bits per heavy atom. The Balaban J connectivity index is 1.33. The molecule has 0 amide bonds. The van der Waals surface area contributed by atoms with Crippen LogP contribution in [0.25, 0.3) is 0 Å². The summed E-state index contributed by atoms with van der Waals surface area (Å²) in [5.41, 5.74) is 2.93. The summed E-state index contributed by atoms with van der Waals surface area (Å²) in [7, 11) is 0. The summed E-state index contributed by atoms with van der Waals surface area (Å²) in [4.78, 5) is 16.6. The van der Waals surface area contributed by atoms with Crippen LogP contribution >= 0.6 is 11.6 Å². The number of pyridine rings is 1. The number of carbonyl (C=O) groups excluding carboxylic acids is 1. The van der Waals surface area contributed by atoms with Crippen molar-refractivity contribution >= 4 is 23.4 Å². The second kappa shape index (κ2) is 7.65. The number of nitrogens with zero attached hydrogens (tertiary/aromatic N) is 2. The van der Waals surface area contributed by atoms with Crippen LogP contribution in [-0.2, 0) is 9.47 Å². The molecule has 28 heavy (non-hydrogen) atoms. The van der Waals surface area contributed by atoms with Gasteiger partial charge in [0.25, 0.3) is 0 Å². The maximum absolute atomic E-state index is 12.2. The molecule has 7 heteroatoms. The van der Waals surface area contributed by atoms with Gasteiger partial charge in [0.15, 0.2) is 0 Å². The molecule has 1 N–H and O–H groups in total. The summed E-state index contributed by atoms with van der Waals surface area (Å²) in [6.45, 7) is 6.25. The minimum absolute atomic E-state index is 0.119. The van der Waals surface area contributed by atoms with E-state index < -0.39 is 11.6 Å². The molecule has 0 radical (unpaired) electrons. The van der Waals surface area contributed by atoms with Gasteiger partial charge in [-0.25, -0.2) is 9.78 Å². The molecule has 1 unspecified atom stereocenters. The van der Waals surface area contributed by atoms with Crippen molar-refractivity contribution in [2.75, 3.05) is 11.6 Å². The number of esters is 1. The van der Waals surface area contributed by atoms with Crippen LogP contribution in [0.5, 0.6) is 0 Å². The van der Waals surface area contributed by atoms with Gasteiger partial charge in [0.1, 0.15) is 22.8 Å². The van der Waals surface area contributed by atoms with Crippen LogP contribution in [0.3, 0.4) is 0 Å². The number of aromatic nitrogens is 1. The molecule has 1 atom stereocenters. The lowest BCUT2D eigenvalue weighted by Crippen LogP contribution is -2.38. The first-order chi connectivity index (χ1) is 13.3. The van der Waals surface area contributed by atoms with Crippen molar-refractivity contribution in [2.24, 2.45) is 17.8 Å². The molecule has 0 aromatic carbocycles. The standard InChI is InChI=1S/C21H28ClN3O3/c1-21(2,3)28-20(26)15-8-9-17(23-19(15)22)25-11-10-18(24-25)27-12-16(13-4-5-13)14-6-7-14/h8-11,13-14,16,18,24H,4-7,12H2,1-3H3. The second-order valence-corrected chi connectivity index (χ2v) is 9.30. The van der Waals surface area contributed by atoms with Gasteiger partial charge < -0.3 is 9.47 Å². The molecule has 2 heterocycles. The van der Waals surface area contributed by atoms with Crippen LogP contribution in [0.2, 0.25) is 5.15 Å². The van der Waals surface area contributed by atoms with Gasteiger partial charge in [-0.1, -0.05) is 11.6 Å². The van der Waals surface area contributed by atoms with Crippen LogP contribution in [0.15, 0.2) is 24.4 Å². The van der Waals surface area contributed by atoms with Crippen LogP contribution in [0, 0.1) is 17.8 Å². The predicted molar refractivity (Wildman–Crippen MR) is 108 cm³/mol. The van der Waals surface area contributed by atoms with E-state index in [9.17, 15) is 4.79 Å². The number of ether oxygens (including phenoxy) is 2. The fraction of sp³-hybridized carbons (Fsp3) is 0.619. The van der Waals surface area contributed by atoms with Crippen molar-refractivity contribution in [2.45, 2.75) is 58.3 Å². The minimum atomic E-state index is -0.582. The van der Waals surface area contributed by atoms with Gasteiger partial charge in [-0.15, -0.1) is 0 Å². The Morgan fingerprint density at radius 2 is 1.96 bits per heavy atom. The third-order valence-electron chi connectivity index (χ3n) is 5.30. The van der Waals surface area contributed by atoms with Crippen molar-refractivity contribution in [1.29, 1.82) is 0 Å². The maximum Gasteiger partial charge on any atom is 0.341 e. The van der Waals surface area contributed by atoms with E-state index >= 15 is 0 Å². The van der Waals surface area contributed by atoms with Gasteiger partial charge in [-0.05, 0) is 82.4 Å². The van der Waals surface area contributed by atoms with E-state index in [1.807, 2.05) is 33.0 Å². The lowest BCUT2D eigenvalue weighted by Gasteiger charge is -2.22. The predicted octanol–water partition coefficient (Wildman–Crippen LogP) is 4.31. The van der Waals surface area contributed by atoms with Gasteiger partial charge in [0.05, 0.1) is 12.2 Å². The molecule has 3 aliphatic rings. The highest BCUT2D eigenvalue weighted by molar-refractivity contribution is 6.32. The fourth-order valence-corrected chi connectivity index (χ4v) is 3.81. The van der Waals surface area contributed by atoms with Crippen LogP contribution < -0.4 is 10.4 Å². The smallest absolute Gasteiger partial charge is 0.341 e. The number of anilines is 1. The molecule has 2 saturated carbocycles. The first-order valence-electron chi connectivity index (χ1n) is 10.1. The number of halogens is 1. The summed E-state index contributed by atoms with van der Waals surface area (Å²) in [6.07, 6.45) is 9.10. The number of hydrogen-bond donors (Lipinski definition) is 1. The first-order valence-corrected chi connectivity index (χ1v) is 10.4. The van der Waals surface area contributed by atoms with Crippen molar-refractivity contribution in [3.05, 3.63) is 35.1 Å². The van der Waals surface area contributed by atoms with E-state index in [1.54, 1.807) is 17.1 Å². The van der Waals surface area contributed by atoms with Crippen molar-refractivity contribution < 1.29 is 14.3 Å². The molecule has 0 saturated heterocycles. The zero-order chi connectivity index (χ0) is 19.9. The van der Waals surface area contributed by atoms with Crippen molar-refractivity contribution in [3.8, 4) is 0 Å². The SMILES string of the molecule is CC(C)(C)OC(=O)c1ccc(N2C=CC(OCC(C3CC3)C3CC3)N2)nc1Cl. The number of nitrogens with one attached hydrogen (secondary N) is 1. The Morgan fingerprint density at radius 3 is 2.54 bits per heavy atom. The van der Waals surface area contributed by atoms with E-state index in [0.717, 1.165) is 18.4 Å². The Labute approximate surface area is 171 Å². The van der Waals surface area contributed by atoms with Crippen molar-refractivity contribution in [1.82, 2.24) is 10.4 Å². The third-order valence-corrected chi connectivity index (χ3v) is 5.59. The largest absolute Gasteiger partial charge is 0.456 e. The summed E-state index contributed by atoms with van der Waals surface area (Å²) in [5, 5.41) is 1.88. The second-order valence-electron chi connectivity index (χ2n) is 8.94. The molecule has 0 spiro atoms. The Bertz CT molecular complexity index is 757. The van der Waals surface area contributed by atoms with Crippen LogP contribution in [0.1, 0.15) is 56.8 Å². The molecule has 1 aromatic heterocycles. The summed E-state index contributed by atoms with van der Waals surface area (Å²) >= 11 is 6.23. The highest BCUT2D eigenvalue weighted by Crippen LogP contribution is 2.49. The average molecular weight is 406 g/mol. The zero-order valence-corrected chi connectivity index (χ0v) is 17.4. The molecule has 2 aliphatic carbocycles. The van der Waals surface area contributed by atoms with E-state index in [-0.39, 0.29) is 16.9 Å². The summed E-state index contributed by atoms with van der Waals surface area (Å²) < 4.78 is 11.5. The van der Waals surface area contributed by atoms with Crippen LogP contribution in [-0.4, -0.2) is 29.4 Å². The topological polar surface area (TPSA) is 63.7 Å². The van der Waals surface area contributed by atoms with Crippen LogP contribution in [0.4, 0.5) is 5.82 Å².